The van der Waals surface area contributed by atoms with Gasteiger partial charge < -0.3 is 9.64 Å². The van der Waals surface area contributed by atoms with Crippen molar-refractivity contribution >= 4 is 40.2 Å². The zero-order valence-electron chi connectivity index (χ0n) is 15.8. The second-order valence-electron chi connectivity index (χ2n) is 7.10. The number of imide groups is 1. The number of anilines is 1. The van der Waals surface area contributed by atoms with Gasteiger partial charge >= 0.3 is 0 Å². The number of thioether (sulfide) groups is 1. The van der Waals surface area contributed by atoms with Crippen LogP contribution in [0.3, 0.4) is 0 Å². The lowest BCUT2D eigenvalue weighted by atomic mass is 9.87. The average molecular weight is 372 g/mol. The van der Waals surface area contributed by atoms with Crippen LogP contribution in [0.5, 0.6) is 5.75 Å². The summed E-state index contributed by atoms with van der Waals surface area (Å²) in [6, 6.07) is 4.08. The van der Waals surface area contributed by atoms with Crippen molar-refractivity contribution in [2.75, 3.05) is 18.6 Å². The minimum Gasteiger partial charge on any atom is -0.496 e. The first-order valence-electron chi connectivity index (χ1n) is 8.71. The van der Waals surface area contributed by atoms with E-state index in [-0.39, 0.29) is 16.7 Å². The predicted molar refractivity (Wildman–Crippen MR) is 107 cm³/mol. The van der Waals surface area contributed by atoms with E-state index in [0.717, 1.165) is 41.5 Å². The Morgan fingerprint density at radius 3 is 2.62 bits per heavy atom. The van der Waals surface area contributed by atoms with Crippen molar-refractivity contribution in [3.63, 3.8) is 0 Å². The van der Waals surface area contributed by atoms with Crippen molar-refractivity contribution in [2.24, 2.45) is 0 Å². The second kappa shape index (κ2) is 6.83. The van der Waals surface area contributed by atoms with E-state index in [9.17, 15) is 9.59 Å². The van der Waals surface area contributed by atoms with Gasteiger partial charge in [-0.2, -0.15) is 0 Å². The van der Waals surface area contributed by atoms with E-state index in [4.69, 9.17) is 4.74 Å². The number of carbonyl (C=O) groups is 2. The Kier molecular flexibility index (Phi) is 4.88. The van der Waals surface area contributed by atoms with Crippen molar-refractivity contribution in [1.82, 2.24) is 5.32 Å². The van der Waals surface area contributed by atoms with Crippen LogP contribution in [0.1, 0.15) is 45.2 Å². The van der Waals surface area contributed by atoms with Crippen molar-refractivity contribution in [3.05, 3.63) is 34.2 Å². The van der Waals surface area contributed by atoms with E-state index in [1.807, 2.05) is 12.1 Å². The number of fused-ring (bicyclic) bond motifs is 1. The third-order valence-electron chi connectivity index (χ3n) is 4.70. The molecule has 3 rings (SSSR count). The highest BCUT2D eigenvalue weighted by atomic mass is 32.2. The Morgan fingerprint density at radius 2 is 2.04 bits per heavy atom. The lowest BCUT2D eigenvalue weighted by Gasteiger charge is -2.43. The number of rotatable bonds is 4. The molecule has 1 aromatic carbocycles. The van der Waals surface area contributed by atoms with Crippen LogP contribution in [0.25, 0.3) is 11.6 Å². The molecule has 0 unspecified atom stereocenters. The highest BCUT2D eigenvalue weighted by Gasteiger charge is 2.32. The first-order chi connectivity index (χ1) is 12.3. The van der Waals surface area contributed by atoms with Gasteiger partial charge in [0, 0.05) is 29.4 Å². The molecule has 1 N–H and O–H groups in total. The quantitative estimate of drug-likeness (QED) is 0.792. The molecule has 26 heavy (non-hydrogen) atoms. The standard InChI is InChI=1S/C20H24N2O3S/c1-6-7-22-15-10-16(25-5)13(9-17-18(23)21-19(24)26-17)8-14(15)12(2)11-20(22,3)4/h8-11H,6-7H2,1-5H3,(H,21,23,24)/b17-9-. The summed E-state index contributed by atoms with van der Waals surface area (Å²) in [5.41, 5.74) is 4.17. The molecule has 0 saturated carbocycles. The number of hydrogen-bond acceptors (Lipinski definition) is 5. The van der Waals surface area contributed by atoms with Gasteiger partial charge in [-0.15, -0.1) is 0 Å². The molecule has 6 heteroatoms. The van der Waals surface area contributed by atoms with Gasteiger partial charge in [-0.25, -0.2) is 0 Å². The molecule has 2 aliphatic heterocycles. The Labute approximate surface area is 158 Å². The fourth-order valence-electron chi connectivity index (χ4n) is 3.61. The first-order valence-corrected chi connectivity index (χ1v) is 9.53. The maximum Gasteiger partial charge on any atom is 0.290 e. The van der Waals surface area contributed by atoms with Crippen molar-refractivity contribution in [2.45, 2.75) is 39.7 Å². The minimum absolute atomic E-state index is 0.0777. The highest BCUT2D eigenvalue weighted by Crippen LogP contribution is 2.43. The summed E-state index contributed by atoms with van der Waals surface area (Å²) in [6.07, 6.45) is 5.04. The summed E-state index contributed by atoms with van der Waals surface area (Å²) in [4.78, 5) is 26.1. The van der Waals surface area contributed by atoms with Crippen molar-refractivity contribution in [1.29, 1.82) is 0 Å². The van der Waals surface area contributed by atoms with Crippen LogP contribution >= 0.6 is 11.8 Å². The molecule has 0 aliphatic carbocycles. The van der Waals surface area contributed by atoms with Crippen LogP contribution < -0.4 is 15.0 Å². The predicted octanol–water partition coefficient (Wildman–Crippen LogP) is 4.43. The van der Waals surface area contributed by atoms with Crippen molar-refractivity contribution in [3.8, 4) is 5.75 Å². The van der Waals surface area contributed by atoms with Crippen LogP contribution in [0.15, 0.2) is 23.1 Å². The maximum absolute atomic E-state index is 11.9. The number of benzene rings is 1. The Balaban J connectivity index is 2.14. The average Bonchev–Trinajstić information content (AvgIpc) is 2.88. The number of carbonyl (C=O) groups excluding carboxylic acids is 2. The molecule has 0 aromatic heterocycles. The summed E-state index contributed by atoms with van der Waals surface area (Å²) in [5, 5.41) is 1.94. The normalized spacial score (nSPS) is 20.1. The molecule has 0 spiro atoms. The molecular weight excluding hydrogens is 348 g/mol. The summed E-state index contributed by atoms with van der Waals surface area (Å²) >= 11 is 0.915. The fraction of sp³-hybridized carbons (Fsp3) is 0.400. The van der Waals surface area contributed by atoms with Crippen LogP contribution in [0.4, 0.5) is 10.5 Å². The van der Waals surface area contributed by atoms with Crippen LogP contribution in [-0.2, 0) is 4.79 Å². The van der Waals surface area contributed by atoms with Crippen LogP contribution in [0.2, 0.25) is 0 Å². The molecule has 2 heterocycles. The molecular formula is C20H24N2O3S. The minimum atomic E-state index is -0.360. The molecule has 0 atom stereocenters. The molecule has 0 radical (unpaired) electrons. The number of nitrogens with zero attached hydrogens (tertiary/aromatic N) is 1. The van der Waals surface area contributed by atoms with Gasteiger partial charge in [0.15, 0.2) is 0 Å². The van der Waals surface area contributed by atoms with Gasteiger partial charge in [0.05, 0.1) is 17.6 Å². The van der Waals surface area contributed by atoms with E-state index in [0.29, 0.717) is 10.7 Å². The summed E-state index contributed by atoms with van der Waals surface area (Å²) in [7, 11) is 1.62. The zero-order chi connectivity index (χ0) is 19.1. The van der Waals surface area contributed by atoms with Gasteiger partial charge in [0.25, 0.3) is 11.1 Å². The van der Waals surface area contributed by atoms with Gasteiger partial charge in [-0.3, -0.25) is 14.9 Å². The Bertz CT molecular complexity index is 840. The van der Waals surface area contributed by atoms with Gasteiger partial charge in [-0.1, -0.05) is 13.0 Å². The van der Waals surface area contributed by atoms with Crippen LogP contribution in [-0.4, -0.2) is 30.3 Å². The number of allylic oxidation sites excluding steroid dienone is 1. The Morgan fingerprint density at radius 1 is 1.31 bits per heavy atom. The van der Waals surface area contributed by atoms with Crippen LogP contribution in [0, 0.1) is 0 Å². The monoisotopic (exact) mass is 372 g/mol. The summed E-state index contributed by atoms with van der Waals surface area (Å²) in [6.45, 7) is 9.64. The molecule has 1 saturated heterocycles. The molecule has 1 aromatic rings. The van der Waals surface area contributed by atoms with Gasteiger partial charge in [0.1, 0.15) is 5.75 Å². The topological polar surface area (TPSA) is 58.6 Å². The molecule has 0 bridgehead atoms. The number of ether oxygens (including phenoxy) is 1. The number of nitrogens with one attached hydrogen (secondary N) is 1. The SMILES string of the molecule is CCCN1c2cc(OC)c(/C=C3\SC(=O)NC3=O)cc2C(C)=CC1(C)C. The van der Waals surface area contributed by atoms with E-state index in [1.54, 1.807) is 13.2 Å². The van der Waals surface area contributed by atoms with Crippen molar-refractivity contribution < 1.29 is 14.3 Å². The molecule has 138 valence electrons. The third-order valence-corrected chi connectivity index (χ3v) is 5.52. The molecule has 2 aliphatic rings. The van der Waals surface area contributed by atoms with E-state index >= 15 is 0 Å². The molecule has 5 nitrogen and oxygen atoms in total. The molecule has 2 amide bonds. The lowest BCUT2D eigenvalue weighted by molar-refractivity contribution is -0.115. The second-order valence-corrected chi connectivity index (χ2v) is 8.11. The number of methoxy groups -OCH3 is 1. The fourth-order valence-corrected chi connectivity index (χ4v) is 4.28. The third kappa shape index (κ3) is 3.26. The summed E-state index contributed by atoms with van der Waals surface area (Å²) < 4.78 is 5.60. The number of amides is 2. The van der Waals surface area contributed by atoms with E-state index < -0.39 is 0 Å². The Hall–Kier alpha value is -2.21. The summed E-state index contributed by atoms with van der Waals surface area (Å²) in [5.74, 6) is 0.330. The zero-order valence-corrected chi connectivity index (χ0v) is 16.6. The first kappa shape index (κ1) is 18.6. The van der Waals surface area contributed by atoms with Gasteiger partial charge in [-0.05, 0) is 56.7 Å². The highest BCUT2D eigenvalue weighted by molar-refractivity contribution is 8.18. The lowest BCUT2D eigenvalue weighted by Crippen LogP contribution is -2.45. The smallest absolute Gasteiger partial charge is 0.290 e. The van der Waals surface area contributed by atoms with Gasteiger partial charge in [0.2, 0.25) is 0 Å². The van der Waals surface area contributed by atoms with E-state index in [1.165, 1.54) is 5.57 Å². The maximum atomic E-state index is 11.9. The number of hydrogen-bond donors (Lipinski definition) is 1. The van der Waals surface area contributed by atoms with E-state index in [2.05, 4.69) is 44.0 Å². The largest absolute Gasteiger partial charge is 0.496 e. The molecule has 1 fully saturated rings.